The average molecular weight is 272 g/mol. The molecule has 0 unspecified atom stereocenters. The van der Waals surface area contributed by atoms with Crippen LogP contribution >= 0.6 is 11.3 Å². The van der Waals surface area contributed by atoms with Gasteiger partial charge in [-0.1, -0.05) is 55.0 Å². The molecule has 0 radical (unpaired) electrons. The Morgan fingerprint density at radius 3 is 2.79 bits per heavy atom. The van der Waals surface area contributed by atoms with Gasteiger partial charge < -0.3 is 0 Å². The van der Waals surface area contributed by atoms with Crippen LogP contribution in [0.1, 0.15) is 36.2 Å². The van der Waals surface area contributed by atoms with E-state index in [4.69, 9.17) is 0 Å². The van der Waals surface area contributed by atoms with Crippen LogP contribution in [0.2, 0.25) is 0 Å². The molecule has 2 aromatic heterocycles. The number of nitrogens with zero attached hydrogens (tertiary/aromatic N) is 4. The Balaban J connectivity index is 1.84. The van der Waals surface area contributed by atoms with Crippen molar-refractivity contribution < 1.29 is 0 Å². The molecule has 2 heterocycles. The standard InChI is InChI=1S/C14H16N4S/c1-2-3-9-12-15-16-14-18(12)17-13(19-14)10-11-7-5-4-6-8-11/h4-8H,2-3,9-10H2,1H3. The number of hydrogen-bond acceptors (Lipinski definition) is 4. The molecule has 3 rings (SSSR count). The maximum absolute atomic E-state index is 4.63. The summed E-state index contributed by atoms with van der Waals surface area (Å²) in [5.41, 5.74) is 1.28. The van der Waals surface area contributed by atoms with Gasteiger partial charge in [-0.25, -0.2) is 0 Å². The van der Waals surface area contributed by atoms with Crippen molar-refractivity contribution in [1.29, 1.82) is 0 Å². The van der Waals surface area contributed by atoms with E-state index in [1.165, 1.54) is 5.56 Å². The van der Waals surface area contributed by atoms with Gasteiger partial charge in [-0.15, -0.1) is 10.2 Å². The topological polar surface area (TPSA) is 43.1 Å². The lowest BCUT2D eigenvalue weighted by atomic mass is 10.2. The van der Waals surface area contributed by atoms with Crippen LogP contribution in [0.15, 0.2) is 30.3 Å². The molecule has 1 aromatic carbocycles. The second-order valence-corrected chi connectivity index (χ2v) is 5.61. The molecule has 0 N–H and O–H groups in total. The highest BCUT2D eigenvalue weighted by Gasteiger charge is 2.11. The van der Waals surface area contributed by atoms with Gasteiger partial charge in [0.15, 0.2) is 5.82 Å². The minimum atomic E-state index is 0.863. The zero-order valence-electron chi connectivity index (χ0n) is 10.9. The predicted octanol–water partition coefficient (Wildman–Crippen LogP) is 3.12. The number of unbranched alkanes of at least 4 members (excludes halogenated alkanes) is 1. The van der Waals surface area contributed by atoms with Gasteiger partial charge in [0.2, 0.25) is 4.96 Å². The fraction of sp³-hybridized carbons (Fsp3) is 0.357. The van der Waals surface area contributed by atoms with Gasteiger partial charge in [0.25, 0.3) is 0 Å². The summed E-state index contributed by atoms with van der Waals surface area (Å²) in [5, 5.41) is 14.1. The van der Waals surface area contributed by atoms with Gasteiger partial charge in [0.05, 0.1) is 0 Å². The monoisotopic (exact) mass is 272 g/mol. The molecule has 0 saturated carbocycles. The first-order valence-electron chi connectivity index (χ1n) is 6.60. The Kier molecular flexibility index (Phi) is 3.55. The molecule has 0 saturated heterocycles. The summed E-state index contributed by atoms with van der Waals surface area (Å²) in [6, 6.07) is 10.4. The minimum Gasteiger partial charge on any atom is -0.187 e. The summed E-state index contributed by atoms with van der Waals surface area (Å²) in [7, 11) is 0. The second kappa shape index (κ2) is 5.48. The third kappa shape index (κ3) is 2.66. The molecular formula is C14H16N4S. The molecule has 0 fully saturated rings. The second-order valence-electron chi connectivity index (χ2n) is 4.57. The molecule has 0 amide bonds. The third-order valence-corrected chi connectivity index (χ3v) is 3.95. The molecule has 19 heavy (non-hydrogen) atoms. The summed E-state index contributed by atoms with van der Waals surface area (Å²) in [6.45, 7) is 2.18. The molecule has 0 aliphatic carbocycles. The van der Waals surface area contributed by atoms with Crippen molar-refractivity contribution in [2.45, 2.75) is 32.6 Å². The highest BCUT2D eigenvalue weighted by atomic mass is 32.1. The van der Waals surface area contributed by atoms with E-state index < -0.39 is 0 Å². The normalized spacial score (nSPS) is 11.2. The molecule has 0 aliphatic heterocycles. The maximum Gasteiger partial charge on any atom is 0.234 e. The van der Waals surface area contributed by atoms with Crippen molar-refractivity contribution in [2.75, 3.05) is 0 Å². The van der Waals surface area contributed by atoms with Crippen LogP contribution in [-0.2, 0) is 12.8 Å². The zero-order valence-corrected chi connectivity index (χ0v) is 11.7. The largest absolute Gasteiger partial charge is 0.234 e. The number of fused-ring (bicyclic) bond motifs is 1. The van der Waals surface area contributed by atoms with Crippen LogP contribution in [0, 0.1) is 0 Å². The number of aromatic nitrogens is 4. The van der Waals surface area contributed by atoms with Crippen molar-refractivity contribution >= 4 is 16.3 Å². The van der Waals surface area contributed by atoms with Crippen molar-refractivity contribution in [3.05, 3.63) is 46.7 Å². The first-order chi connectivity index (χ1) is 9.36. The third-order valence-electron chi connectivity index (χ3n) is 3.05. The van der Waals surface area contributed by atoms with Gasteiger partial charge in [-0.05, 0) is 12.0 Å². The molecule has 0 spiro atoms. The maximum atomic E-state index is 4.63. The quantitative estimate of drug-likeness (QED) is 0.716. The van der Waals surface area contributed by atoms with Gasteiger partial charge in [-0.3, -0.25) is 0 Å². The molecule has 0 bridgehead atoms. The Morgan fingerprint density at radius 2 is 2.00 bits per heavy atom. The van der Waals surface area contributed by atoms with Crippen LogP contribution in [0.25, 0.3) is 4.96 Å². The van der Waals surface area contributed by atoms with Gasteiger partial charge in [-0.2, -0.15) is 9.61 Å². The molecule has 0 aliphatic rings. The van der Waals surface area contributed by atoms with Crippen LogP contribution in [0.4, 0.5) is 0 Å². The molecule has 0 atom stereocenters. The van der Waals surface area contributed by atoms with E-state index in [9.17, 15) is 0 Å². The summed E-state index contributed by atoms with van der Waals surface area (Å²) in [4.78, 5) is 0.900. The molecule has 4 nitrogen and oxygen atoms in total. The first-order valence-corrected chi connectivity index (χ1v) is 7.42. The summed E-state index contributed by atoms with van der Waals surface area (Å²) in [6.07, 6.45) is 4.11. The van der Waals surface area contributed by atoms with E-state index in [1.807, 2.05) is 10.6 Å². The lowest BCUT2D eigenvalue weighted by Crippen LogP contribution is -1.97. The van der Waals surface area contributed by atoms with E-state index in [0.717, 1.165) is 41.5 Å². The smallest absolute Gasteiger partial charge is 0.187 e. The van der Waals surface area contributed by atoms with E-state index in [1.54, 1.807) is 11.3 Å². The Labute approximate surface area is 116 Å². The fourth-order valence-corrected chi connectivity index (χ4v) is 2.92. The first kappa shape index (κ1) is 12.3. The van der Waals surface area contributed by atoms with Crippen molar-refractivity contribution in [2.24, 2.45) is 0 Å². The molecular weight excluding hydrogens is 256 g/mol. The van der Waals surface area contributed by atoms with Gasteiger partial charge in [0, 0.05) is 12.8 Å². The minimum absolute atomic E-state index is 0.863. The van der Waals surface area contributed by atoms with Crippen molar-refractivity contribution in [3.63, 3.8) is 0 Å². The van der Waals surface area contributed by atoms with Gasteiger partial charge >= 0.3 is 0 Å². The predicted molar refractivity (Wildman–Crippen MR) is 76.5 cm³/mol. The molecule has 98 valence electrons. The Bertz CT molecular complexity index is 656. The number of rotatable bonds is 5. The van der Waals surface area contributed by atoms with Crippen LogP contribution in [-0.4, -0.2) is 19.8 Å². The Morgan fingerprint density at radius 1 is 1.16 bits per heavy atom. The zero-order chi connectivity index (χ0) is 13.1. The lowest BCUT2D eigenvalue weighted by molar-refractivity contribution is 0.718. The SMILES string of the molecule is CCCCc1nnc2sc(Cc3ccccc3)nn12. The van der Waals surface area contributed by atoms with Gasteiger partial charge in [0.1, 0.15) is 5.01 Å². The average Bonchev–Trinajstić information content (AvgIpc) is 2.98. The number of aryl methyl sites for hydroxylation is 1. The van der Waals surface area contributed by atoms with Crippen molar-refractivity contribution in [1.82, 2.24) is 19.8 Å². The Hall–Kier alpha value is -1.75. The highest BCUT2D eigenvalue weighted by molar-refractivity contribution is 7.16. The van der Waals surface area contributed by atoms with E-state index in [2.05, 4.69) is 46.5 Å². The van der Waals surface area contributed by atoms with E-state index >= 15 is 0 Å². The summed E-state index contributed by atoms with van der Waals surface area (Å²) in [5.74, 6) is 0.979. The fourth-order valence-electron chi connectivity index (χ4n) is 2.03. The van der Waals surface area contributed by atoms with E-state index in [0.29, 0.717) is 0 Å². The van der Waals surface area contributed by atoms with Crippen LogP contribution in [0.5, 0.6) is 0 Å². The summed E-state index contributed by atoms with van der Waals surface area (Å²) < 4.78 is 1.90. The molecule has 3 aromatic rings. The lowest BCUT2D eigenvalue weighted by Gasteiger charge is -1.96. The van der Waals surface area contributed by atoms with E-state index in [-0.39, 0.29) is 0 Å². The van der Waals surface area contributed by atoms with Crippen LogP contribution < -0.4 is 0 Å². The highest BCUT2D eigenvalue weighted by Crippen LogP contribution is 2.18. The summed E-state index contributed by atoms with van der Waals surface area (Å²) >= 11 is 1.62. The van der Waals surface area contributed by atoms with Crippen molar-refractivity contribution in [3.8, 4) is 0 Å². The number of hydrogen-bond donors (Lipinski definition) is 0. The molecule has 5 heteroatoms. The number of benzene rings is 1. The van der Waals surface area contributed by atoms with Crippen LogP contribution in [0.3, 0.4) is 0 Å².